The molecule has 5 aromatic rings. The van der Waals surface area contributed by atoms with E-state index in [1.807, 2.05) is 24.3 Å². The fourth-order valence-corrected chi connectivity index (χ4v) is 3.43. The van der Waals surface area contributed by atoms with Crippen LogP contribution in [0.5, 0.6) is 0 Å². The number of halogens is 1. The molecule has 0 aliphatic rings. The second-order valence-corrected chi connectivity index (χ2v) is 7.43. The van der Waals surface area contributed by atoms with Crippen molar-refractivity contribution in [1.29, 1.82) is 0 Å². The van der Waals surface area contributed by atoms with Gasteiger partial charge in [0.1, 0.15) is 11.4 Å². The van der Waals surface area contributed by atoms with E-state index in [0.29, 0.717) is 33.5 Å². The monoisotopic (exact) mass is 445 g/mol. The first kappa shape index (κ1) is 19.7. The molecule has 3 aromatic heterocycles. The SMILES string of the molecule is CN(C(=O)c1cn2ccnc2c(-c2ccc(-c3nnc(N)o3)cc2)n1)c1ccc(Cl)cc1. The Hall–Kier alpha value is -4.24. The van der Waals surface area contributed by atoms with E-state index in [4.69, 9.17) is 21.8 Å². The highest BCUT2D eigenvalue weighted by molar-refractivity contribution is 6.30. The van der Waals surface area contributed by atoms with Gasteiger partial charge in [-0.25, -0.2) is 9.97 Å². The average Bonchev–Trinajstić information content (AvgIpc) is 3.47. The van der Waals surface area contributed by atoms with Gasteiger partial charge < -0.3 is 19.5 Å². The van der Waals surface area contributed by atoms with Crippen LogP contribution in [0.4, 0.5) is 11.7 Å². The smallest absolute Gasteiger partial charge is 0.313 e. The zero-order chi connectivity index (χ0) is 22.2. The number of nitrogens with two attached hydrogens (primary N) is 1. The van der Waals surface area contributed by atoms with E-state index in [2.05, 4.69) is 20.2 Å². The lowest BCUT2D eigenvalue weighted by Crippen LogP contribution is -2.27. The molecule has 0 bridgehead atoms. The number of benzene rings is 2. The van der Waals surface area contributed by atoms with Crippen molar-refractivity contribution in [1.82, 2.24) is 24.6 Å². The normalized spacial score (nSPS) is 11.1. The first-order valence-corrected chi connectivity index (χ1v) is 9.94. The molecule has 0 fully saturated rings. The minimum Gasteiger partial charge on any atom is -0.404 e. The summed E-state index contributed by atoms with van der Waals surface area (Å²) in [5.41, 5.74) is 9.18. The fourth-order valence-electron chi connectivity index (χ4n) is 3.30. The van der Waals surface area contributed by atoms with E-state index in [-0.39, 0.29) is 17.6 Å². The lowest BCUT2D eigenvalue weighted by Gasteiger charge is -2.17. The Labute approximate surface area is 187 Å². The summed E-state index contributed by atoms with van der Waals surface area (Å²) in [6.07, 6.45) is 5.10. The number of hydrogen-bond acceptors (Lipinski definition) is 7. The molecule has 32 heavy (non-hydrogen) atoms. The number of hydrogen-bond donors (Lipinski definition) is 1. The van der Waals surface area contributed by atoms with Crippen LogP contribution in [0.1, 0.15) is 10.5 Å². The van der Waals surface area contributed by atoms with E-state index < -0.39 is 0 Å². The van der Waals surface area contributed by atoms with Crippen molar-refractivity contribution in [3.8, 4) is 22.7 Å². The highest BCUT2D eigenvalue weighted by atomic mass is 35.5. The number of fused-ring (bicyclic) bond motifs is 1. The Bertz CT molecular complexity index is 1430. The van der Waals surface area contributed by atoms with Crippen LogP contribution in [0.25, 0.3) is 28.4 Å². The van der Waals surface area contributed by atoms with Gasteiger partial charge in [-0.05, 0) is 36.4 Å². The molecule has 3 heterocycles. The number of anilines is 2. The molecule has 0 saturated carbocycles. The number of aromatic nitrogens is 5. The highest BCUT2D eigenvalue weighted by Crippen LogP contribution is 2.27. The largest absolute Gasteiger partial charge is 0.404 e. The molecule has 2 N–H and O–H groups in total. The summed E-state index contributed by atoms with van der Waals surface area (Å²) in [7, 11) is 1.69. The number of imidazole rings is 1. The first-order chi connectivity index (χ1) is 15.5. The molecule has 2 aromatic carbocycles. The summed E-state index contributed by atoms with van der Waals surface area (Å²) in [4.78, 5) is 23.7. The van der Waals surface area contributed by atoms with Crippen molar-refractivity contribution in [3.05, 3.63) is 77.8 Å². The molecule has 0 spiro atoms. The maximum Gasteiger partial charge on any atom is 0.313 e. The molecule has 0 aliphatic carbocycles. The second kappa shape index (κ2) is 7.78. The second-order valence-electron chi connectivity index (χ2n) is 7.00. The number of nitrogen functional groups attached to an aromatic ring is 1. The van der Waals surface area contributed by atoms with Crippen molar-refractivity contribution in [2.75, 3.05) is 17.7 Å². The summed E-state index contributed by atoms with van der Waals surface area (Å²) in [5.74, 6) is 0.0589. The first-order valence-electron chi connectivity index (χ1n) is 9.57. The van der Waals surface area contributed by atoms with E-state index in [1.54, 1.807) is 54.3 Å². The van der Waals surface area contributed by atoms with Crippen LogP contribution in [-0.2, 0) is 0 Å². The van der Waals surface area contributed by atoms with E-state index in [1.165, 1.54) is 4.90 Å². The Kier molecular flexibility index (Phi) is 4.79. The molecule has 1 amide bonds. The molecule has 9 nitrogen and oxygen atoms in total. The van der Waals surface area contributed by atoms with Gasteiger partial charge in [0.05, 0.1) is 0 Å². The molecule has 0 unspecified atom stereocenters. The van der Waals surface area contributed by atoms with E-state index in [0.717, 1.165) is 5.56 Å². The molecule has 0 atom stereocenters. The molecule has 10 heteroatoms. The summed E-state index contributed by atoms with van der Waals surface area (Å²) in [6, 6.07) is 14.4. The fraction of sp³-hybridized carbons (Fsp3) is 0.0455. The van der Waals surface area contributed by atoms with Crippen LogP contribution >= 0.6 is 11.6 Å². The van der Waals surface area contributed by atoms with Gasteiger partial charge in [-0.1, -0.05) is 28.8 Å². The Balaban J connectivity index is 1.53. The van der Waals surface area contributed by atoms with Gasteiger partial charge in [0.25, 0.3) is 5.91 Å². The third kappa shape index (κ3) is 3.54. The van der Waals surface area contributed by atoms with Gasteiger partial charge in [0, 0.05) is 47.5 Å². The standard InChI is InChI=1S/C22H16ClN7O2/c1-29(16-8-6-15(23)7-9-16)21(31)17-12-30-11-10-25-19(30)18(26-17)13-2-4-14(5-3-13)20-27-28-22(24)32-20/h2-12H,1H3,(H2,24,28). The maximum atomic E-state index is 13.2. The highest BCUT2D eigenvalue weighted by Gasteiger charge is 2.19. The van der Waals surface area contributed by atoms with Crippen LogP contribution < -0.4 is 10.6 Å². The molecule has 158 valence electrons. The third-order valence-corrected chi connectivity index (χ3v) is 5.21. The topological polar surface area (TPSA) is 115 Å². The van der Waals surface area contributed by atoms with Crippen LogP contribution in [0.3, 0.4) is 0 Å². The van der Waals surface area contributed by atoms with Crippen LogP contribution in [0.15, 0.2) is 71.5 Å². The lowest BCUT2D eigenvalue weighted by atomic mass is 10.1. The molecular weight excluding hydrogens is 430 g/mol. The van der Waals surface area contributed by atoms with Gasteiger partial charge in [-0.2, -0.15) is 0 Å². The summed E-state index contributed by atoms with van der Waals surface area (Å²) < 4.78 is 7.04. The predicted molar refractivity (Wildman–Crippen MR) is 120 cm³/mol. The van der Waals surface area contributed by atoms with Gasteiger partial charge in [-0.15, -0.1) is 5.10 Å². The quantitative estimate of drug-likeness (QED) is 0.445. The number of carbonyl (C=O) groups is 1. The van der Waals surface area contributed by atoms with Crippen LogP contribution in [0, 0.1) is 0 Å². The van der Waals surface area contributed by atoms with Crippen molar-refractivity contribution >= 4 is 34.9 Å². The minimum absolute atomic E-state index is 0.000794. The summed E-state index contributed by atoms with van der Waals surface area (Å²) in [5, 5.41) is 8.16. The molecule has 0 radical (unpaired) electrons. The third-order valence-electron chi connectivity index (χ3n) is 4.96. The van der Waals surface area contributed by atoms with Gasteiger partial charge in [-0.3, -0.25) is 4.79 Å². The Morgan fingerprint density at radius 2 is 1.78 bits per heavy atom. The number of amides is 1. The zero-order valence-electron chi connectivity index (χ0n) is 16.8. The summed E-state index contributed by atoms with van der Waals surface area (Å²) >= 11 is 5.96. The predicted octanol–water partition coefficient (Wildman–Crippen LogP) is 3.96. The number of carbonyl (C=O) groups excluding carboxylic acids is 1. The lowest BCUT2D eigenvalue weighted by molar-refractivity contribution is 0.0988. The Morgan fingerprint density at radius 1 is 1.06 bits per heavy atom. The van der Waals surface area contributed by atoms with Crippen LogP contribution in [0.2, 0.25) is 5.02 Å². The van der Waals surface area contributed by atoms with Gasteiger partial charge >= 0.3 is 6.01 Å². The van der Waals surface area contributed by atoms with Crippen molar-refractivity contribution in [2.24, 2.45) is 0 Å². The molecule has 0 aliphatic heterocycles. The van der Waals surface area contributed by atoms with E-state index >= 15 is 0 Å². The van der Waals surface area contributed by atoms with Crippen molar-refractivity contribution in [3.63, 3.8) is 0 Å². The summed E-state index contributed by atoms with van der Waals surface area (Å²) in [6.45, 7) is 0. The number of nitrogens with zero attached hydrogens (tertiary/aromatic N) is 6. The van der Waals surface area contributed by atoms with Gasteiger partial charge in [0.2, 0.25) is 5.89 Å². The molecular formula is C22H16ClN7O2. The zero-order valence-corrected chi connectivity index (χ0v) is 17.6. The molecule has 5 rings (SSSR count). The minimum atomic E-state index is -0.262. The molecule has 0 saturated heterocycles. The Morgan fingerprint density at radius 3 is 2.47 bits per heavy atom. The van der Waals surface area contributed by atoms with Gasteiger partial charge in [0.15, 0.2) is 5.65 Å². The van der Waals surface area contributed by atoms with Crippen LogP contribution in [-0.4, -0.2) is 37.5 Å². The average molecular weight is 446 g/mol. The maximum absolute atomic E-state index is 13.2. The van der Waals surface area contributed by atoms with E-state index in [9.17, 15) is 4.79 Å². The van der Waals surface area contributed by atoms with Crippen molar-refractivity contribution < 1.29 is 9.21 Å². The van der Waals surface area contributed by atoms with Crippen molar-refractivity contribution in [2.45, 2.75) is 0 Å². The number of rotatable bonds is 4.